The van der Waals surface area contributed by atoms with Crippen LogP contribution in [0.1, 0.15) is 29.2 Å². The van der Waals surface area contributed by atoms with E-state index in [9.17, 15) is 4.79 Å². The quantitative estimate of drug-likeness (QED) is 0.742. The number of benzene rings is 1. The van der Waals surface area contributed by atoms with Gasteiger partial charge in [-0.25, -0.2) is 0 Å². The number of aromatic nitrogens is 4. The highest BCUT2D eigenvalue weighted by Crippen LogP contribution is 2.42. The number of fused-ring (bicyclic) bond motifs is 1. The van der Waals surface area contributed by atoms with E-state index in [1.807, 2.05) is 31.2 Å². The molecule has 8 heteroatoms. The fourth-order valence-electron chi connectivity index (χ4n) is 3.16. The van der Waals surface area contributed by atoms with Crippen molar-refractivity contribution in [2.75, 3.05) is 5.32 Å². The number of carbonyl (C=O) groups excluding carboxylic acids is 1. The summed E-state index contributed by atoms with van der Waals surface area (Å²) in [6, 6.07) is 10.9. The predicted octanol–water partition coefficient (Wildman–Crippen LogP) is 3.75. The van der Waals surface area contributed by atoms with Crippen LogP contribution in [0.3, 0.4) is 0 Å². The zero-order chi connectivity index (χ0) is 17.6. The minimum absolute atomic E-state index is 0.0968. The number of anilines is 1. The first-order valence-corrected chi connectivity index (χ1v) is 8.43. The number of rotatable bonds is 2. The molecule has 1 aliphatic rings. The van der Waals surface area contributed by atoms with Crippen LogP contribution in [0.5, 0.6) is 0 Å². The Morgan fingerprint density at radius 3 is 2.68 bits per heavy atom. The molecule has 4 rings (SSSR count). The lowest BCUT2D eigenvalue weighted by molar-refractivity contribution is -0.116. The van der Waals surface area contributed by atoms with E-state index >= 15 is 0 Å². The normalized spacial score (nSPS) is 16.4. The second-order valence-electron chi connectivity index (χ2n) is 5.80. The van der Waals surface area contributed by atoms with Gasteiger partial charge in [0.15, 0.2) is 11.0 Å². The summed E-state index contributed by atoms with van der Waals surface area (Å²) in [7, 11) is 0. The summed E-state index contributed by atoms with van der Waals surface area (Å²) in [5.74, 6) is 0.816. The number of carbonyl (C=O) groups is 1. The molecule has 1 unspecified atom stereocenters. The molecule has 3 aromatic rings. The summed E-state index contributed by atoms with van der Waals surface area (Å²) < 4.78 is 1.58. The number of nitrogens with one attached hydrogen (secondary N) is 1. The maximum absolute atomic E-state index is 12.3. The van der Waals surface area contributed by atoms with Gasteiger partial charge in [0.1, 0.15) is 5.82 Å². The highest BCUT2D eigenvalue weighted by molar-refractivity contribution is 6.31. The summed E-state index contributed by atoms with van der Waals surface area (Å²) in [6.45, 7) is 1.90. The second kappa shape index (κ2) is 6.13. The van der Waals surface area contributed by atoms with E-state index in [1.54, 1.807) is 16.8 Å². The number of hydrogen-bond acceptors (Lipinski definition) is 4. The molecule has 1 amide bonds. The minimum Gasteiger partial charge on any atom is -0.310 e. The van der Waals surface area contributed by atoms with Gasteiger partial charge in [0.05, 0.1) is 5.69 Å². The molecule has 3 heterocycles. The summed E-state index contributed by atoms with van der Waals surface area (Å²) in [5.41, 5.74) is 2.64. The molecule has 0 aliphatic carbocycles. The van der Waals surface area contributed by atoms with Crippen LogP contribution >= 0.6 is 23.2 Å². The van der Waals surface area contributed by atoms with Crippen molar-refractivity contribution in [3.63, 3.8) is 0 Å². The Bertz CT molecular complexity index is 968. The van der Waals surface area contributed by atoms with E-state index in [4.69, 9.17) is 23.2 Å². The first-order chi connectivity index (χ1) is 12.0. The Morgan fingerprint density at radius 1 is 1.16 bits per heavy atom. The van der Waals surface area contributed by atoms with Crippen LogP contribution < -0.4 is 5.32 Å². The molecule has 0 bridgehead atoms. The van der Waals surface area contributed by atoms with Crippen molar-refractivity contribution in [2.24, 2.45) is 0 Å². The van der Waals surface area contributed by atoms with Crippen molar-refractivity contribution in [1.29, 1.82) is 0 Å². The van der Waals surface area contributed by atoms with E-state index in [-0.39, 0.29) is 11.8 Å². The molecule has 0 radical (unpaired) electrons. The van der Waals surface area contributed by atoms with Crippen LogP contribution in [-0.2, 0) is 4.79 Å². The predicted molar refractivity (Wildman–Crippen MR) is 95.4 cm³/mol. The molecule has 126 valence electrons. The van der Waals surface area contributed by atoms with Crippen LogP contribution in [0.2, 0.25) is 10.2 Å². The lowest BCUT2D eigenvalue weighted by Gasteiger charge is -2.24. The highest BCUT2D eigenvalue weighted by atomic mass is 35.5. The smallest absolute Gasteiger partial charge is 0.226 e. The van der Waals surface area contributed by atoms with Crippen LogP contribution in [-0.4, -0.2) is 25.9 Å². The molecular weight excluding hydrogens is 361 g/mol. The highest BCUT2D eigenvalue weighted by Gasteiger charge is 2.33. The van der Waals surface area contributed by atoms with Gasteiger partial charge in [0.25, 0.3) is 0 Å². The molecule has 1 aromatic carbocycles. The van der Waals surface area contributed by atoms with E-state index in [0.29, 0.717) is 28.2 Å². The lowest BCUT2D eigenvalue weighted by Crippen LogP contribution is -2.25. The molecule has 6 nitrogen and oxygen atoms in total. The van der Waals surface area contributed by atoms with Crippen molar-refractivity contribution in [3.05, 3.63) is 63.4 Å². The third-order valence-electron chi connectivity index (χ3n) is 4.22. The van der Waals surface area contributed by atoms with Gasteiger partial charge in [-0.2, -0.15) is 9.78 Å². The summed E-state index contributed by atoms with van der Waals surface area (Å²) in [5, 5.41) is 16.3. The Hall–Kier alpha value is -2.44. The zero-order valence-corrected chi connectivity index (χ0v) is 14.7. The van der Waals surface area contributed by atoms with Crippen molar-refractivity contribution in [3.8, 4) is 5.82 Å². The average Bonchev–Trinajstić information content (AvgIpc) is 2.92. The van der Waals surface area contributed by atoms with Crippen molar-refractivity contribution >= 4 is 34.9 Å². The fraction of sp³-hybridized carbons (Fsp3) is 0.176. The molecule has 0 saturated heterocycles. The summed E-state index contributed by atoms with van der Waals surface area (Å²) in [4.78, 5) is 12.3. The molecule has 1 N–H and O–H groups in total. The van der Waals surface area contributed by atoms with E-state index in [2.05, 4.69) is 20.6 Å². The molecular formula is C17H13Cl2N5O. The molecule has 0 spiro atoms. The molecule has 25 heavy (non-hydrogen) atoms. The molecule has 2 aromatic heterocycles. The van der Waals surface area contributed by atoms with Gasteiger partial charge in [-0.1, -0.05) is 41.4 Å². The maximum atomic E-state index is 12.3. The third-order valence-corrected chi connectivity index (χ3v) is 4.76. The third kappa shape index (κ3) is 2.77. The Kier molecular flexibility index (Phi) is 3.94. The minimum atomic E-state index is -0.161. The largest absolute Gasteiger partial charge is 0.310 e. The number of halogens is 2. The Morgan fingerprint density at radius 2 is 1.96 bits per heavy atom. The Balaban J connectivity index is 1.89. The SMILES string of the molecule is Cc1nn(-c2ccc(Cl)nn2)c2c1C(c1ccccc1Cl)CC(=O)N2. The lowest BCUT2D eigenvalue weighted by atomic mass is 9.86. The van der Waals surface area contributed by atoms with E-state index in [0.717, 1.165) is 16.8 Å². The molecule has 0 fully saturated rings. The molecule has 1 aliphatic heterocycles. The first-order valence-electron chi connectivity index (χ1n) is 7.68. The fourth-order valence-corrected chi connectivity index (χ4v) is 3.53. The van der Waals surface area contributed by atoms with Crippen molar-refractivity contribution < 1.29 is 4.79 Å². The van der Waals surface area contributed by atoms with Crippen LogP contribution in [0.25, 0.3) is 5.82 Å². The summed E-state index contributed by atoms with van der Waals surface area (Å²) >= 11 is 12.2. The zero-order valence-electron chi connectivity index (χ0n) is 13.2. The first kappa shape index (κ1) is 16.1. The number of aryl methyl sites for hydroxylation is 1. The van der Waals surface area contributed by atoms with Gasteiger partial charge in [0, 0.05) is 22.9 Å². The maximum Gasteiger partial charge on any atom is 0.226 e. The standard InChI is InChI=1S/C17H13Cl2N5O/c1-9-16-11(10-4-2-3-5-12(10)18)8-15(25)20-17(16)24(23-9)14-7-6-13(19)21-22-14/h2-7,11H,8H2,1H3,(H,20,25). The molecule has 0 saturated carbocycles. The van der Waals surface area contributed by atoms with Gasteiger partial charge in [-0.15, -0.1) is 10.2 Å². The Labute approximate surface area is 153 Å². The van der Waals surface area contributed by atoms with Crippen LogP contribution in [0.15, 0.2) is 36.4 Å². The van der Waals surface area contributed by atoms with Gasteiger partial charge in [-0.05, 0) is 30.7 Å². The molecule has 1 atom stereocenters. The summed E-state index contributed by atoms with van der Waals surface area (Å²) in [6.07, 6.45) is 0.315. The van der Waals surface area contributed by atoms with Gasteiger partial charge in [0.2, 0.25) is 5.91 Å². The van der Waals surface area contributed by atoms with Crippen molar-refractivity contribution in [2.45, 2.75) is 19.3 Å². The van der Waals surface area contributed by atoms with Crippen LogP contribution in [0.4, 0.5) is 5.82 Å². The monoisotopic (exact) mass is 373 g/mol. The van der Waals surface area contributed by atoms with Gasteiger partial charge in [-0.3, -0.25) is 4.79 Å². The number of nitrogens with zero attached hydrogens (tertiary/aromatic N) is 4. The van der Waals surface area contributed by atoms with E-state index < -0.39 is 0 Å². The number of amides is 1. The average molecular weight is 374 g/mol. The van der Waals surface area contributed by atoms with Gasteiger partial charge >= 0.3 is 0 Å². The van der Waals surface area contributed by atoms with E-state index in [1.165, 1.54) is 0 Å². The second-order valence-corrected chi connectivity index (χ2v) is 6.59. The van der Waals surface area contributed by atoms with Gasteiger partial charge < -0.3 is 5.32 Å². The van der Waals surface area contributed by atoms with Crippen molar-refractivity contribution in [1.82, 2.24) is 20.0 Å². The van der Waals surface area contributed by atoms with Crippen LogP contribution in [0, 0.1) is 6.92 Å². The number of hydrogen-bond donors (Lipinski definition) is 1. The topological polar surface area (TPSA) is 72.7 Å².